The molecule has 0 saturated carbocycles. The molecule has 4 heteroatoms. The summed E-state index contributed by atoms with van der Waals surface area (Å²) in [6.45, 7) is 9.33. The molecule has 4 nitrogen and oxygen atoms in total. The molecule has 0 atom stereocenters. The molecule has 1 aromatic carbocycles. The predicted octanol–water partition coefficient (Wildman–Crippen LogP) is 1.34. The summed E-state index contributed by atoms with van der Waals surface area (Å²) in [5, 5.41) is 0. The van der Waals surface area contributed by atoms with Gasteiger partial charge in [0.15, 0.2) is 0 Å². The Morgan fingerprint density at radius 3 is 1.38 bits per heavy atom. The molecule has 1 aromatic rings. The molecule has 0 N–H and O–H groups in total. The first-order chi connectivity index (χ1) is 12.6. The lowest BCUT2D eigenvalue weighted by atomic mass is 10.1. The lowest BCUT2D eigenvalue weighted by Crippen LogP contribution is -2.52. The zero-order valence-electron chi connectivity index (χ0n) is 16.1. The molecule has 2 heterocycles. The summed E-state index contributed by atoms with van der Waals surface area (Å²) in [5.74, 6) is 13.3. The van der Waals surface area contributed by atoms with E-state index in [1.54, 1.807) is 0 Å². The smallest absolute Gasteiger partial charge is 0.141 e. The second-order valence-electron chi connectivity index (χ2n) is 7.86. The van der Waals surface area contributed by atoms with E-state index in [1.807, 2.05) is 0 Å². The highest BCUT2D eigenvalue weighted by molar-refractivity contribution is 5.41. The molecule has 2 fully saturated rings. The fraction of sp³-hybridized carbons (Fsp3) is 0.545. The minimum Gasteiger partial charge on any atom is -0.370 e. The zero-order valence-corrected chi connectivity index (χ0v) is 16.1. The number of hydrogen-bond donors (Lipinski definition) is 0. The van der Waals surface area contributed by atoms with E-state index in [2.05, 4.69) is 62.0 Å². The third kappa shape index (κ3) is 5.59. The number of morpholine rings is 2. The Balaban J connectivity index is 1.52. The number of ether oxygens (including phenoxy) is 2. The molecule has 0 bridgehead atoms. The molecule has 0 spiro atoms. The average molecular weight is 354 g/mol. The molecule has 26 heavy (non-hydrogen) atoms. The number of hydrogen-bond acceptors (Lipinski definition) is 2. The van der Waals surface area contributed by atoms with Crippen molar-refractivity contribution in [1.29, 1.82) is 0 Å². The van der Waals surface area contributed by atoms with Gasteiger partial charge < -0.3 is 18.4 Å². The van der Waals surface area contributed by atoms with Crippen molar-refractivity contribution < 1.29 is 18.4 Å². The van der Waals surface area contributed by atoms with Crippen LogP contribution in [0.5, 0.6) is 0 Å². The van der Waals surface area contributed by atoms with Gasteiger partial charge in [-0.3, -0.25) is 0 Å². The van der Waals surface area contributed by atoms with Crippen LogP contribution in [0.15, 0.2) is 24.3 Å². The van der Waals surface area contributed by atoms with Gasteiger partial charge in [-0.25, -0.2) is 0 Å². The van der Waals surface area contributed by atoms with Crippen LogP contribution in [0.2, 0.25) is 0 Å². The Hall–Kier alpha value is -1.82. The molecular formula is C22H30N2O2+2. The first kappa shape index (κ1) is 19.0. The number of nitrogens with zero attached hydrogens (tertiary/aromatic N) is 2. The van der Waals surface area contributed by atoms with Gasteiger partial charge in [0, 0.05) is 11.1 Å². The highest BCUT2D eigenvalue weighted by Gasteiger charge is 2.24. The summed E-state index contributed by atoms with van der Waals surface area (Å²) in [7, 11) is 4.51. The molecule has 0 radical (unpaired) electrons. The lowest BCUT2D eigenvalue weighted by Gasteiger charge is -2.35. The second kappa shape index (κ2) is 8.71. The minimum absolute atomic E-state index is 0.844. The summed E-state index contributed by atoms with van der Waals surface area (Å²) >= 11 is 0. The Morgan fingerprint density at radius 2 is 1.04 bits per heavy atom. The second-order valence-corrected chi connectivity index (χ2v) is 7.86. The Kier molecular flexibility index (Phi) is 6.35. The van der Waals surface area contributed by atoms with Gasteiger partial charge in [-0.2, -0.15) is 0 Å². The average Bonchev–Trinajstić information content (AvgIpc) is 2.64. The van der Waals surface area contributed by atoms with Gasteiger partial charge >= 0.3 is 0 Å². The Morgan fingerprint density at radius 1 is 0.692 bits per heavy atom. The maximum atomic E-state index is 5.44. The lowest BCUT2D eigenvalue weighted by molar-refractivity contribution is -0.910. The highest BCUT2D eigenvalue weighted by Crippen LogP contribution is 2.08. The van der Waals surface area contributed by atoms with Crippen LogP contribution in [0.4, 0.5) is 0 Å². The Labute approximate surface area is 157 Å². The van der Waals surface area contributed by atoms with E-state index in [0.29, 0.717) is 0 Å². The van der Waals surface area contributed by atoms with Crippen molar-refractivity contribution in [1.82, 2.24) is 0 Å². The van der Waals surface area contributed by atoms with Crippen molar-refractivity contribution in [3.05, 3.63) is 35.4 Å². The predicted molar refractivity (Wildman–Crippen MR) is 103 cm³/mol. The van der Waals surface area contributed by atoms with Crippen LogP contribution in [-0.4, -0.2) is 88.8 Å². The number of likely N-dealkylation sites (N-methyl/N-ethyl adjacent to an activating group) is 2. The largest absolute Gasteiger partial charge is 0.370 e. The zero-order chi connectivity index (χ0) is 18.3. The molecule has 0 aliphatic carbocycles. The van der Waals surface area contributed by atoms with Crippen molar-refractivity contribution in [2.75, 3.05) is 79.8 Å². The monoisotopic (exact) mass is 354 g/mol. The normalized spacial score (nSPS) is 21.0. The SMILES string of the molecule is C[N+]1(CC#Cc2ccc(C#CC[N+]3(C)CCOCC3)cc2)CCOCC1. The number of rotatable bonds is 2. The van der Waals surface area contributed by atoms with Crippen LogP contribution in [0.25, 0.3) is 0 Å². The first-order valence-electron chi connectivity index (χ1n) is 9.47. The standard InChI is InChI=1S/C22H30N2O2/c1-23(13-17-25-18-14-23)11-3-5-21-7-9-22(10-8-21)6-4-12-24(2)15-19-26-20-16-24/h7-10H,11-20H2,1-2H3/q+2. The molecule has 2 aliphatic rings. The molecule has 0 unspecified atom stereocenters. The van der Waals surface area contributed by atoms with Crippen LogP contribution in [0, 0.1) is 23.7 Å². The molecule has 138 valence electrons. The van der Waals surface area contributed by atoms with E-state index >= 15 is 0 Å². The summed E-state index contributed by atoms with van der Waals surface area (Å²) in [4.78, 5) is 0. The summed E-state index contributed by atoms with van der Waals surface area (Å²) < 4.78 is 12.8. The first-order valence-corrected chi connectivity index (χ1v) is 9.47. The molecule has 2 aliphatic heterocycles. The fourth-order valence-electron chi connectivity index (χ4n) is 3.19. The van der Waals surface area contributed by atoms with Crippen LogP contribution in [0.3, 0.4) is 0 Å². The quantitative estimate of drug-likeness (QED) is 0.590. The third-order valence-electron chi connectivity index (χ3n) is 5.37. The van der Waals surface area contributed by atoms with Crippen LogP contribution in [0.1, 0.15) is 11.1 Å². The van der Waals surface area contributed by atoms with E-state index < -0.39 is 0 Å². The van der Waals surface area contributed by atoms with E-state index in [4.69, 9.17) is 9.47 Å². The summed E-state index contributed by atoms with van der Waals surface area (Å²) in [6.07, 6.45) is 0. The number of benzene rings is 1. The summed E-state index contributed by atoms with van der Waals surface area (Å²) in [6, 6.07) is 8.28. The van der Waals surface area contributed by atoms with Crippen LogP contribution in [-0.2, 0) is 9.47 Å². The van der Waals surface area contributed by atoms with Crippen LogP contribution >= 0.6 is 0 Å². The molecule has 0 aromatic heterocycles. The van der Waals surface area contributed by atoms with Gasteiger partial charge in [0.2, 0.25) is 0 Å². The van der Waals surface area contributed by atoms with Crippen LogP contribution < -0.4 is 0 Å². The Bertz CT molecular complexity index is 643. The highest BCUT2D eigenvalue weighted by atomic mass is 16.5. The van der Waals surface area contributed by atoms with Crippen molar-refractivity contribution in [3.8, 4) is 23.7 Å². The van der Waals surface area contributed by atoms with Crippen molar-refractivity contribution in [2.45, 2.75) is 0 Å². The van der Waals surface area contributed by atoms with Gasteiger partial charge in [-0.05, 0) is 36.1 Å². The molecular weight excluding hydrogens is 324 g/mol. The van der Waals surface area contributed by atoms with Gasteiger partial charge in [-0.15, -0.1) is 0 Å². The maximum Gasteiger partial charge on any atom is 0.141 e. The van der Waals surface area contributed by atoms with Gasteiger partial charge in [0.1, 0.15) is 39.3 Å². The molecule has 3 rings (SSSR count). The van der Waals surface area contributed by atoms with Gasteiger partial charge in [0.05, 0.1) is 40.5 Å². The maximum absolute atomic E-state index is 5.44. The van der Waals surface area contributed by atoms with Crippen molar-refractivity contribution >= 4 is 0 Å². The van der Waals surface area contributed by atoms with Gasteiger partial charge in [0.25, 0.3) is 0 Å². The molecule has 2 saturated heterocycles. The van der Waals surface area contributed by atoms with Crippen molar-refractivity contribution in [2.24, 2.45) is 0 Å². The topological polar surface area (TPSA) is 18.5 Å². The van der Waals surface area contributed by atoms with Crippen molar-refractivity contribution in [3.63, 3.8) is 0 Å². The fourth-order valence-corrected chi connectivity index (χ4v) is 3.19. The van der Waals surface area contributed by atoms with E-state index in [1.165, 1.54) is 0 Å². The van der Waals surface area contributed by atoms with E-state index in [9.17, 15) is 0 Å². The van der Waals surface area contributed by atoms with Gasteiger partial charge in [-0.1, -0.05) is 11.8 Å². The minimum atomic E-state index is 0.844. The van der Waals surface area contributed by atoms with E-state index in [-0.39, 0.29) is 0 Å². The number of quaternary nitrogens is 2. The summed E-state index contributed by atoms with van der Waals surface area (Å²) in [5.41, 5.74) is 2.12. The third-order valence-corrected chi connectivity index (χ3v) is 5.37. The molecule has 0 amide bonds. The van der Waals surface area contributed by atoms with E-state index in [0.717, 1.165) is 85.8 Å².